The number of ketones is 2. The van der Waals surface area contributed by atoms with Gasteiger partial charge in [0, 0.05) is 24.0 Å². The first-order valence-corrected chi connectivity index (χ1v) is 12.6. The molecule has 0 saturated heterocycles. The highest BCUT2D eigenvalue weighted by atomic mass is 16.5. The lowest BCUT2D eigenvalue weighted by Gasteiger charge is -2.28. The van der Waals surface area contributed by atoms with Crippen molar-refractivity contribution < 1.29 is 57.8 Å². The van der Waals surface area contributed by atoms with Crippen molar-refractivity contribution in [3.8, 4) is 23.0 Å². The Morgan fingerprint density at radius 3 is 1.10 bits per heavy atom. The standard InChI is InChI=1S/C30H32O12/c1-37-17-7-15(8-18(11-17)38-2)21(13-23(31)41-5)25-27(33)29(35)26(30(36)28(25)34)22(14-24(32)42-6)16-9-19(39-3)12-20(10-16)40-4/h7-12,21-22,33,36H,13-14H2,1-6H3/t21-,22-/m1/s1. The van der Waals surface area contributed by atoms with E-state index in [2.05, 4.69) is 0 Å². The van der Waals surface area contributed by atoms with Crippen LogP contribution in [0.25, 0.3) is 0 Å². The van der Waals surface area contributed by atoms with Gasteiger partial charge in [0.1, 0.15) is 23.0 Å². The Morgan fingerprint density at radius 1 is 0.571 bits per heavy atom. The van der Waals surface area contributed by atoms with Crippen molar-refractivity contribution in [1.82, 2.24) is 0 Å². The lowest BCUT2D eigenvalue weighted by molar-refractivity contribution is -0.142. The molecule has 2 aromatic carbocycles. The van der Waals surface area contributed by atoms with Crippen molar-refractivity contribution in [3.63, 3.8) is 0 Å². The number of aliphatic hydroxyl groups is 2. The van der Waals surface area contributed by atoms with Crippen LogP contribution in [0.2, 0.25) is 0 Å². The lowest BCUT2D eigenvalue weighted by Crippen LogP contribution is -2.31. The lowest BCUT2D eigenvalue weighted by atomic mass is 9.75. The second-order valence-corrected chi connectivity index (χ2v) is 9.14. The number of esters is 2. The zero-order valence-corrected chi connectivity index (χ0v) is 24.0. The van der Waals surface area contributed by atoms with E-state index in [9.17, 15) is 29.4 Å². The van der Waals surface area contributed by atoms with Crippen LogP contribution in [-0.4, -0.2) is 76.4 Å². The number of Topliss-reactive ketones (excluding diaryl/α,β-unsaturated/α-hetero) is 2. The monoisotopic (exact) mass is 584 g/mol. The molecule has 1 aliphatic carbocycles. The van der Waals surface area contributed by atoms with Gasteiger partial charge >= 0.3 is 11.9 Å². The van der Waals surface area contributed by atoms with E-state index in [1.807, 2.05) is 0 Å². The van der Waals surface area contributed by atoms with Crippen molar-refractivity contribution in [3.05, 3.63) is 70.2 Å². The van der Waals surface area contributed by atoms with E-state index in [1.54, 1.807) is 12.1 Å². The van der Waals surface area contributed by atoms with Gasteiger partial charge in [0.25, 0.3) is 0 Å². The van der Waals surface area contributed by atoms with E-state index < -0.39 is 70.8 Å². The molecule has 1 aliphatic rings. The summed E-state index contributed by atoms with van der Waals surface area (Å²) in [5.74, 6) is -7.06. The molecule has 0 bridgehead atoms. The van der Waals surface area contributed by atoms with Crippen LogP contribution in [0.15, 0.2) is 59.1 Å². The molecule has 3 rings (SSSR count). The number of ether oxygens (including phenoxy) is 6. The zero-order valence-electron chi connectivity index (χ0n) is 24.0. The van der Waals surface area contributed by atoms with Crippen LogP contribution in [0.5, 0.6) is 23.0 Å². The van der Waals surface area contributed by atoms with Gasteiger partial charge in [-0.1, -0.05) is 0 Å². The van der Waals surface area contributed by atoms with Gasteiger partial charge < -0.3 is 38.6 Å². The smallest absolute Gasteiger partial charge is 0.306 e. The third kappa shape index (κ3) is 6.48. The molecule has 0 aliphatic heterocycles. The molecule has 0 heterocycles. The van der Waals surface area contributed by atoms with Crippen molar-refractivity contribution >= 4 is 23.5 Å². The Labute approximate surface area is 242 Å². The summed E-state index contributed by atoms with van der Waals surface area (Å²) in [6.45, 7) is 0. The van der Waals surface area contributed by atoms with E-state index in [0.29, 0.717) is 23.0 Å². The van der Waals surface area contributed by atoms with Gasteiger partial charge in [-0.15, -0.1) is 0 Å². The van der Waals surface area contributed by atoms with Gasteiger partial charge in [-0.2, -0.15) is 0 Å². The van der Waals surface area contributed by atoms with Crippen LogP contribution in [0.4, 0.5) is 0 Å². The van der Waals surface area contributed by atoms with E-state index >= 15 is 0 Å². The molecule has 2 atom stereocenters. The first-order chi connectivity index (χ1) is 20.0. The number of rotatable bonds is 12. The quantitative estimate of drug-likeness (QED) is 0.276. The molecule has 0 aromatic heterocycles. The number of allylic oxidation sites excluding steroid dienone is 2. The molecule has 0 radical (unpaired) electrons. The topological polar surface area (TPSA) is 164 Å². The number of hydrogen-bond acceptors (Lipinski definition) is 12. The second-order valence-electron chi connectivity index (χ2n) is 9.14. The summed E-state index contributed by atoms with van der Waals surface area (Å²) in [4.78, 5) is 52.4. The van der Waals surface area contributed by atoms with E-state index in [4.69, 9.17) is 28.4 Å². The molecule has 42 heavy (non-hydrogen) atoms. The van der Waals surface area contributed by atoms with Gasteiger partial charge in [0.2, 0.25) is 11.6 Å². The summed E-state index contributed by atoms with van der Waals surface area (Å²) in [5, 5.41) is 22.5. The van der Waals surface area contributed by atoms with Crippen LogP contribution in [0.3, 0.4) is 0 Å². The molecular weight excluding hydrogens is 552 g/mol. The average Bonchev–Trinajstić information content (AvgIpc) is 3.01. The predicted molar refractivity (Wildman–Crippen MR) is 147 cm³/mol. The minimum absolute atomic E-state index is 0.263. The maximum atomic E-state index is 13.8. The summed E-state index contributed by atoms with van der Waals surface area (Å²) in [6, 6.07) is 9.08. The first-order valence-electron chi connectivity index (χ1n) is 12.6. The van der Waals surface area contributed by atoms with Gasteiger partial charge in [0.05, 0.1) is 66.6 Å². The Kier molecular flexibility index (Phi) is 10.2. The fourth-order valence-electron chi connectivity index (χ4n) is 4.70. The first kappa shape index (κ1) is 31.5. The molecule has 12 heteroatoms. The molecule has 0 unspecified atom stereocenters. The van der Waals surface area contributed by atoms with Gasteiger partial charge in [-0.3, -0.25) is 19.2 Å². The molecule has 224 valence electrons. The number of hydrogen-bond donors (Lipinski definition) is 2. The number of carbonyl (C=O) groups excluding carboxylic acids is 4. The van der Waals surface area contributed by atoms with E-state index in [0.717, 1.165) is 14.2 Å². The molecule has 2 aromatic rings. The van der Waals surface area contributed by atoms with Gasteiger partial charge in [0.15, 0.2) is 11.5 Å². The highest BCUT2D eigenvalue weighted by molar-refractivity contribution is 6.24. The fourth-order valence-corrected chi connectivity index (χ4v) is 4.70. The van der Waals surface area contributed by atoms with Crippen LogP contribution >= 0.6 is 0 Å². The Balaban J connectivity index is 2.24. The summed E-state index contributed by atoms with van der Waals surface area (Å²) in [6.07, 6.45) is -0.959. The maximum absolute atomic E-state index is 13.8. The summed E-state index contributed by atoms with van der Waals surface area (Å²) >= 11 is 0. The molecule has 2 N–H and O–H groups in total. The molecule has 0 amide bonds. The molecular formula is C30H32O12. The third-order valence-electron chi connectivity index (χ3n) is 6.88. The number of benzene rings is 2. The summed E-state index contributed by atoms with van der Waals surface area (Å²) in [5.41, 5.74) is -0.553. The largest absolute Gasteiger partial charge is 0.504 e. The van der Waals surface area contributed by atoms with E-state index in [1.165, 1.54) is 52.7 Å². The highest BCUT2D eigenvalue weighted by Crippen LogP contribution is 2.43. The number of carbonyl (C=O) groups is 4. The third-order valence-corrected chi connectivity index (χ3v) is 6.88. The van der Waals surface area contributed by atoms with Crippen LogP contribution < -0.4 is 18.9 Å². The minimum atomic E-state index is -1.25. The van der Waals surface area contributed by atoms with Gasteiger partial charge in [-0.05, 0) is 35.4 Å². The van der Waals surface area contributed by atoms with Crippen LogP contribution in [0, 0.1) is 0 Å². The summed E-state index contributed by atoms with van der Waals surface area (Å²) in [7, 11) is 7.88. The van der Waals surface area contributed by atoms with Crippen molar-refractivity contribution in [2.45, 2.75) is 24.7 Å². The Morgan fingerprint density at radius 2 is 0.857 bits per heavy atom. The molecule has 0 saturated carbocycles. The SMILES string of the molecule is COC(=O)C[C@@H](C1=C(O)C(=O)C([C@H](CC(=O)OC)c2cc(OC)cc(OC)c2)=C(O)C1=O)c1cc(OC)cc(OC)c1. The summed E-state index contributed by atoms with van der Waals surface area (Å²) < 4.78 is 30.8. The predicted octanol–water partition coefficient (Wildman–Crippen LogP) is 3.49. The van der Waals surface area contributed by atoms with Gasteiger partial charge in [-0.25, -0.2) is 0 Å². The number of methoxy groups -OCH3 is 6. The molecule has 12 nitrogen and oxygen atoms in total. The normalized spacial score (nSPS) is 14.7. The molecule has 0 fully saturated rings. The number of aliphatic hydroxyl groups excluding tert-OH is 2. The fraction of sp³-hybridized carbons (Fsp3) is 0.333. The maximum Gasteiger partial charge on any atom is 0.306 e. The van der Waals surface area contributed by atoms with Crippen molar-refractivity contribution in [2.24, 2.45) is 0 Å². The average molecular weight is 585 g/mol. The van der Waals surface area contributed by atoms with Crippen LogP contribution in [0.1, 0.15) is 35.8 Å². The Bertz CT molecular complexity index is 1300. The minimum Gasteiger partial charge on any atom is -0.504 e. The van der Waals surface area contributed by atoms with Crippen molar-refractivity contribution in [1.29, 1.82) is 0 Å². The highest BCUT2D eigenvalue weighted by Gasteiger charge is 2.43. The van der Waals surface area contributed by atoms with Crippen molar-refractivity contribution in [2.75, 3.05) is 42.7 Å². The Hall–Kier alpha value is -5.00. The second kappa shape index (κ2) is 13.6. The van der Waals surface area contributed by atoms with E-state index in [-0.39, 0.29) is 11.1 Å². The molecule has 0 spiro atoms. The van der Waals surface area contributed by atoms with Crippen LogP contribution in [-0.2, 0) is 28.7 Å². The zero-order chi connectivity index (χ0) is 31.1.